The lowest BCUT2D eigenvalue weighted by Crippen LogP contribution is -2.40. The molecule has 4 rings (SSSR count). The normalized spacial score (nSPS) is 15.9. The van der Waals surface area contributed by atoms with E-state index >= 15 is 0 Å². The average molecular weight is 393 g/mol. The van der Waals surface area contributed by atoms with Gasteiger partial charge in [-0.2, -0.15) is 5.10 Å². The van der Waals surface area contributed by atoms with Crippen molar-refractivity contribution in [3.05, 3.63) is 60.0 Å². The molecule has 0 saturated carbocycles. The lowest BCUT2D eigenvalue weighted by Gasteiger charge is -2.31. The molecule has 152 valence electrons. The van der Waals surface area contributed by atoms with E-state index in [9.17, 15) is 0 Å². The van der Waals surface area contributed by atoms with Crippen molar-refractivity contribution in [1.29, 1.82) is 0 Å². The van der Waals surface area contributed by atoms with Crippen LogP contribution >= 0.6 is 0 Å². The van der Waals surface area contributed by atoms with Crippen molar-refractivity contribution in [3.63, 3.8) is 0 Å². The van der Waals surface area contributed by atoms with E-state index in [0.29, 0.717) is 0 Å². The topological polar surface area (TPSA) is 68.1 Å². The van der Waals surface area contributed by atoms with Gasteiger partial charge in [0.25, 0.3) is 0 Å². The summed E-state index contributed by atoms with van der Waals surface area (Å²) >= 11 is 0. The van der Waals surface area contributed by atoms with Gasteiger partial charge in [0.15, 0.2) is 0 Å². The molecule has 1 aliphatic rings. The van der Waals surface area contributed by atoms with Crippen molar-refractivity contribution >= 4 is 5.82 Å². The van der Waals surface area contributed by atoms with Gasteiger partial charge in [0.1, 0.15) is 17.3 Å². The van der Waals surface area contributed by atoms with E-state index in [4.69, 9.17) is 4.74 Å². The Labute approximate surface area is 171 Å². The standard InChI is InChI=1S/C22H28N6O/c1-3-28-10-9-19(26-28)20-15-22(24-17(2)23-20)25-21(18-7-5-4-6-8-18)16-27-11-13-29-14-12-27/h4-10,15,21H,3,11-14,16H2,1-2H3,(H,23,24,25). The van der Waals surface area contributed by atoms with Crippen molar-refractivity contribution in [2.45, 2.75) is 26.4 Å². The Kier molecular flexibility index (Phi) is 6.17. The molecule has 3 heterocycles. The van der Waals surface area contributed by atoms with Gasteiger partial charge in [-0.1, -0.05) is 30.3 Å². The number of morpholine rings is 1. The number of anilines is 1. The number of hydrogen-bond donors (Lipinski definition) is 1. The van der Waals surface area contributed by atoms with Crippen LogP contribution in [-0.4, -0.2) is 57.5 Å². The third-order valence-corrected chi connectivity index (χ3v) is 5.13. The molecular weight excluding hydrogens is 364 g/mol. The van der Waals surface area contributed by atoms with E-state index in [-0.39, 0.29) is 6.04 Å². The fourth-order valence-corrected chi connectivity index (χ4v) is 3.59. The zero-order chi connectivity index (χ0) is 20.1. The Morgan fingerprint density at radius 2 is 1.86 bits per heavy atom. The second-order valence-corrected chi connectivity index (χ2v) is 7.26. The summed E-state index contributed by atoms with van der Waals surface area (Å²) in [4.78, 5) is 11.7. The van der Waals surface area contributed by atoms with Crippen LogP contribution in [0.25, 0.3) is 11.4 Å². The Morgan fingerprint density at radius 1 is 1.07 bits per heavy atom. The van der Waals surface area contributed by atoms with Gasteiger partial charge in [-0.15, -0.1) is 0 Å². The highest BCUT2D eigenvalue weighted by atomic mass is 16.5. The number of rotatable bonds is 7. The van der Waals surface area contributed by atoms with Crippen molar-refractivity contribution in [2.24, 2.45) is 0 Å². The van der Waals surface area contributed by atoms with Gasteiger partial charge in [0, 0.05) is 38.4 Å². The van der Waals surface area contributed by atoms with Gasteiger partial charge >= 0.3 is 0 Å². The van der Waals surface area contributed by atoms with Crippen LogP contribution in [0.4, 0.5) is 5.82 Å². The highest BCUT2D eigenvalue weighted by Crippen LogP contribution is 2.23. The third kappa shape index (κ3) is 4.99. The summed E-state index contributed by atoms with van der Waals surface area (Å²) in [6.45, 7) is 9.22. The van der Waals surface area contributed by atoms with Crippen LogP contribution in [-0.2, 0) is 11.3 Å². The lowest BCUT2D eigenvalue weighted by atomic mass is 10.1. The average Bonchev–Trinajstić information content (AvgIpc) is 3.24. The summed E-state index contributed by atoms with van der Waals surface area (Å²) < 4.78 is 7.41. The number of hydrogen-bond acceptors (Lipinski definition) is 6. The van der Waals surface area contributed by atoms with E-state index in [2.05, 4.69) is 56.5 Å². The van der Waals surface area contributed by atoms with Gasteiger partial charge in [0.05, 0.1) is 24.9 Å². The zero-order valence-electron chi connectivity index (χ0n) is 17.1. The van der Waals surface area contributed by atoms with Crippen molar-refractivity contribution < 1.29 is 4.74 Å². The molecule has 0 radical (unpaired) electrons. The maximum atomic E-state index is 5.51. The Bertz CT molecular complexity index is 920. The molecule has 1 unspecified atom stereocenters. The number of nitrogens with one attached hydrogen (secondary N) is 1. The SMILES string of the molecule is CCn1ccc(-c2cc(NC(CN3CCOCC3)c3ccccc3)nc(C)n2)n1. The van der Waals surface area contributed by atoms with Crippen molar-refractivity contribution in [2.75, 3.05) is 38.2 Å². The first-order chi connectivity index (χ1) is 14.2. The number of ether oxygens (including phenoxy) is 1. The largest absolute Gasteiger partial charge is 0.379 e. The fraction of sp³-hybridized carbons (Fsp3) is 0.409. The van der Waals surface area contributed by atoms with Gasteiger partial charge < -0.3 is 10.1 Å². The molecule has 1 fully saturated rings. The zero-order valence-corrected chi connectivity index (χ0v) is 17.1. The monoisotopic (exact) mass is 392 g/mol. The molecular formula is C22H28N6O. The van der Waals surface area contributed by atoms with Crippen LogP contribution in [0.2, 0.25) is 0 Å². The highest BCUT2D eigenvalue weighted by molar-refractivity contribution is 5.58. The Hall–Kier alpha value is -2.77. The summed E-state index contributed by atoms with van der Waals surface area (Å²) in [6, 6.07) is 14.7. The summed E-state index contributed by atoms with van der Waals surface area (Å²) in [7, 11) is 0. The van der Waals surface area contributed by atoms with Crippen LogP contribution in [0.15, 0.2) is 48.7 Å². The molecule has 3 aromatic rings. The second kappa shape index (κ2) is 9.15. The van der Waals surface area contributed by atoms with Gasteiger partial charge in [-0.25, -0.2) is 9.97 Å². The maximum absolute atomic E-state index is 5.51. The Morgan fingerprint density at radius 3 is 2.59 bits per heavy atom. The molecule has 7 nitrogen and oxygen atoms in total. The maximum Gasteiger partial charge on any atom is 0.130 e. The van der Waals surface area contributed by atoms with Crippen LogP contribution in [0.5, 0.6) is 0 Å². The summed E-state index contributed by atoms with van der Waals surface area (Å²) in [5, 5.41) is 8.23. The minimum Gasteiger partial charge on any atom is -0.379 e. The van der Waals surface area contributed by atoms with Crippen LogP contribution in [0.3, 0.4) is 0 Å². The molecule has 0 aliphatic carbocycles. The minimum absolute atomic E-state index is 0.129. The molecule has 1 atom stereocenters. The predicted molar refractivity (Wildman–Crippen MR) is 114 cm³/mol. The van der Waals surface area contributed by atoms with E-state index in [1.54, 1.807) is 0 Å². The number of nitrogens with zero attached hydrogens (tertiary/aromatic N) is 5. The van der Waals surface area contributed by atoms with E-state index in [0.717, 1.165) is 62.4 Å². The lowest BCUT2D eigenvalue weighted by molar-refractivity contribution is 0.0360. The molecule has 1 N–H and O–H groups in total. The number of aromatic nitrogens is 4. The fourth-order valence-electron chi connectivity index (χ4n) is 3.59. The molecule has 7 heteroatoms. The van der Waals surface area contributed by atoms with Gasteiger partial charge in [-0.05, 0) is 25.5 Å². The molecule has 0 amide bonds. The summed E-state index contributed by atoms with van der Waals surface area (Å²) in [5.41, 5.74) is 2.95. The summed E-state index contributed by atoms with van der Waals surface area (Å²) in [5.74, 6) is 1.55. The van der Waals surface area contributed by atoms with Crippen LogP contribution in [0, 0.1) is 6.92 Å². The summed E-state index contributed by atoms with van der Waals surface area (Å²) in [6.07, 6.45) is 1.98. The minimum atomic E-state index is 0.129. The molecule has 29 heavy (non-hydrogen) atoms. The van der Waals surface area contributed by atoms with Crippen molar-refractivity contribution in [1.82, 2.24) is 24.6 Å². The first-order valence-electron chi connectivity index (χ1n) is 10.2. The van der Waals surface area contributed by atoms with Crippen LogP contribution < -0.4 is 5.32 Å². The Balaban J connectivity index is 1.59. The first-order valence-corrected chi connectivity index (χ1v) is 10.2. The van der Waals surface area contributed by atoms with Crippen molar-refractivity contribution in [3.8, 4) is 11.4 Å². The molecule has 1 saturated heterocycles. The van der Waals surface area contributed by atoms with E-state index in [1.807, 2.05) is 36.0 Å². The molecule has 0 bridgehead atoms. The quantitative estimate of drug-likeness (QED) is 0.666. The predicted octanol–water partition coefficient (Wildman–Crippen LogP) is 3.15. The molecule has 1 aliphatic heterocycles. The number of aryl methyl sites for hydroxylation is 2. The number of benzene rings is 1. The van der Waals surface area contributed by atoms with Gasteiger partial charge in [-0.3, -0.25) is 9.58 Å². The van der Waals surface area contributed by atoms with E-state index < -0.39 is 0 Å². The smallest absolute Gasteiger partial charge is 0.130 e. The van der Waals surface area contributed by atoms with E-state index in [1.165, 1.54) is 5.56 Å². The first kappa shape index (κ1) is 19.5. The highest BCUT2D eigenvalue weighted by Gasteiger charge is 2.19. The van der Waals surface area contributed by atoms with Gasteiger partial charge in [0.2, 0.25) is 0 Å². The second-order valence-electron chi connectivity index (χ2n) is 7.26. The molecule has 2 aromatic heterocycles. The van der Waals surface area contributed by atoms with Crippen LogP contribution in [0.1, 0.15) is 24.4 Å². The third-order valence-electron chi connectivity index (χ3n) is 5.13. The molecule has 1 aromatic carbocycles. The molecule has 0 spiro atoms.